The molecule has 2 amide bonds. The average molecular weight is 582 g/mol. The van der Waals surface area contributed by atoms with E-state index < -0.39 is 39.5 Å². The number of carbonyl (C=O) groups is 2. The van der Waals surface area contributed by atoms with Gasteiger partial charge in [0, 0.05) is 10.1 Å². The first-order valence-corrected chi connectivity index (χ1v) is 12.3. The third-order valence-corrected chi connectivity index (χ3v) is 7.82. The Labute approximate surface area is 203 Å². The number of carbonyl (C=O) groups excluding carboxylic acids is 2. The number of halogens is 3. The van der Waals surface area contributed by atoms with Crippen molar-refractivity contribution in [1.29, 1.82) is 0 Å². The Hall–Kier alpha value is -2.70. The van der Waals surface area contributed by atoms with Crippen LogP contribution in [0.5, 0.6) is 0 Å². The van der Waals surface area contributed by atoms with E-state index in [1.54, 1.807) is 24.3 Å². The highest BCUT2D eigenvalue weighted by Crippen LogP contribution is 2.31. The normalized spacial score (nSPS) is 16.6. The molecule has 0 N–H and O–H groups in total. The summed E-state index contributed by atoms with van der Waals surface area (Å²) in [5.41, 5.74) is 0.767. The lowest BCUT2D eigenvalue weighted by Gasteiger charge is -2.27. The Morgan fingerprint density at radius 1 is 0.879 bits per heavy atom. The molecule has 1 fully saturated rings. The minimum Gasteiger partial charge on any atom is -0.274 e. The van der Waals surface area contributed by atoms with Crippen LogP contribution in [0.2, 0.25) is 0 Å². The molecule has 3 aromatic rings. The maximum absolute atomic E-state index is 13.5. The smallest absolute Gasteiger partial charge is 0.252 e. The molecule has 1 atom stereocenters. The van der Waals surface area contributed by atoms with Gasteiger partial charge in [-0.25, -0.2) is 22.1 Å². The maximum atomic E-state index is 13.5. The third kappa shape index (κ3) is 4.82. The maximum Gasteiger partial charge on any atom is 0.252 e. The van der Waals surface area contributed by atoms with Crippen molar-refractivity contribution in [1.82, 2.24) is 4.31 Å². The van der Waals surface area contributed by atoms with E-state index in [1.165, 1.54) is 24.3 Å². The number of nitrogens with zero attached hydrogens (tertiary/aromatic N) is 2. The average Bonchev–Trinajstić information content (AvgIpc) is 3.07. The quantitative estimate of drug-likeness (QED) is 0.324. The van der Waals surface area contributed by atoms with E-state index in [9.17, 15) is 26.8 Å². The molecule has 0 spiro atoms. The van der Waals surface area contributed by atoms with E-state index in [-0.39, 0.29) is 17.9 Å². The van der Waals surface area contributed by atoms with Crippen molar-refractivity contribution in [2.45, 2.75) is 23.9 Å². The lowest BCUT2D eigenvalue weighted by molar-refractivity contribution is -0.122. The Bertz CT molecular complexity index is 1300. The van der Waals surface area contributed by atoms with Crippen LogP contribution in [-0.4, -0.2) is 30.6 Å². The van der Waals surface area contributed by atoms with E-state index >= 15 is 0 Å². The van der Waals surface area contributed by atoms with Crippen LogP contribution in [0.3, 0.4) is 0 Å². The molecule has 1 saturated heterocycles. The van der Waals surface area contributed by atoms with Crippen LogP contribution in [0.25, 0.3) is 0 Å². The predicted octanol–water partition coefficient (Wildman–Crippen LogP) is 4.09. The lowest BCUT2D eigenvalue weighted by Crippen LogP contribution is -2.45. The van der Waals surface area contributed by atoms with Gasteiger partial charge in [-0.05, 0) is 88.8 Å². The number of amides is 2. The zero-order valence-electron chi connectivity index (χ0n) is 17.0. The number of sulfonamides is 1. The second kappa shape index (κ2) is 9.27. The number of hydrogen-bond acceptors (Lipinski definition) is 4. The summed E-state index contributed by atoms with van der Waals surface area (Å²) < 4.78 is 55.6. The fraction of sp³-hybridized carbons (Fsp3) is 0.130. The van der Waals surface area contributed by atoms with E-state index in [0.29, 0.717) is 11.3 Å². The molecule has 3 aromatic carbocycles. The van der Waals surface area contributed by atoms with Crippen molar-refractivity contribution < 1.29 is 26.8 Å². The second-order valence-corrected chi connectivity index (χ2v) is 10.5. The highest BCUT2D eigenvalue weighted by Gasteiger charge is 2.47. The Morgan fingerprint density at radius 2 is 1.42 bits per heavy atom. The highest BCUT2D eigenvalue weighted by atomic mass is 127. The van der Waals surface area contributed by atoms with Crippen LogP contribution in [-0.2, 0) is 26.2 Å². The van der Waals surface area contributed by atoms with E-state index in [4.69, 9.17) is 0 Å². The minimum absolute atomic E-state index is 0.223. The molecule has 0 aliphatic carbocycles. The first-order chi connectivity index (χ1) is 15.7. The zero-order valence-corrected chi connectivity index (χ0v) is 20.0. The van der Waals surface area contributed by atoms with E-state index in [1.807, 2.05) is 0 Å². The second-order valence-electron chi connectivity index (χ2n) is 7.39. The van der Waals surface area contributed by atoms with Crippen molar-refractivity contribution in [2.75, 3.05) is 4.90 Å². The van der Waals surface area contributed by atoms with Crippen molar-refractivity contribution in [3.05, 3.63) is 93.6 Å². The molecule has 1 aliphatic rings. The van der Waals surface area contributed by atoms with Crippen LogP contribution in [0.4, 0.5) is 14.5 Å². The van der Waals surface area contributed by atoms with Crippen LogP contribution < -0.4 is 4.90 Å². The highest BCUT2D eigenvalue weighted by molar-refractivity contribution is 14.1. The number of anilines is 1. The fourth-order valence-electron chi connectivity index (χ4n) is 3.58. The predicted molar refractivity (Wildman–Crippen MR) is 126 cm³/mol. The molecule has 1 unspecified atom stereocenters. The molecule has 4 rings (SSSR count). The molecule has 1 heterocycles. The molecule has 33 heavy (non-hydrogen) atoms. The molecule has 1 aliphatic heterocycles. The van der Waals surface area contributed by atoms with Gasteiger partial charge in [-0.2, -0.15) is 4.31 Å². The summed E-state index contributed by atoms with van der Waals surface area (Å²) in [4.78, 5) is 26.8. The lowest BCUT2D eigenvalue weighted by atomic mass is 10.2. The summed E-state index contributed by atoms with van der Waals surface area (Å²) in [6.45, 7) is -0.274. The molecule has 10 heteroatoms. The number of rotatable bonds is 6. The van der Waals surface area contributed by atoms with Gasteiger partial charge < -0.3 is 0 Å². The van der Waals surface area contributed by atoms with Crippen LogP contribution >= 0.6 is 22.6 Å². The Balaban J connectivity index is 1.74. The van der Waals surface area contributed by atoms with Gasteiger partial charge in [-0.3, -0.25) is 9.59 Å². The first-order valence-electron chi connectivity index (χ1n) is 9.81. The van der Waals surface area contributed by atoms with Crippen LogP contribution in [0, 0.1) is 15.2 Å². The molecule has 170 valence electrons. The fourth-order valence-corrected chi connectivity index (χ4v) is 5.51. The Kier molecular flexibility index (Phi) is 6.59. The molecule has 0 aromatic heterocycles. The Morgan fingerprint density at radius 3 is 2.00 bits per heavy atom. The summed E-state index contributed by atoms with van der Waals surface area (Å²) in [7, 11) is -4.31. The van der Waals surface area contributed by atoms with Gasteiger partial charge in [0.2, 0.25) is 15.9 Å². The topological polar surface area (TPSA) is 74.8 Å². The number of hydrogen-bond donors (Lipinski definition) is 0. The summed E-state index contributed by atoms with van der Waals surface area (Å²) in [5, 5.41) is 0. The molecule has 0 bridgehead atoms. The van der Waals surface area contributed by atoms with Crippen molar-refractivity contribution in [3.63, 3.8) is 0 Å². The van der Waals surface area contributed by atoms with Gasteiger partial charge in [0.05, 0.1) is 17.0 Å². The van der Waals surface area contributed by atoms with Crippen LogP contribution in [0.1, 0.15) is 12.0 Å². The van der Waals surface area contributed by atoms with Gasteiger partial charge in [-0.1, -0.05) is 12.1 Å². The molecular formula is C23H17F2IN2O4S. The third-order valence-electron chi connectivity index (χ3n) is 5.23. The molecule has 6 nitrogen and oxygen atoms in total. The zero-order chi connectivity index (χ0) is 23.8. The molecular weight excluding hydrogens is 565 g/mol. The minimum atomic E-state index is -4.31. The van der Waals surface area contributed by atoms with Crippen molar-refractivity contribution in [2.24, 2.45) is 0 Å². The number of benzene rings is 3. The van der Waals surface area contributed by atoms with Crippen LogP contribution in [0.15, 0.2) is 77.7 Å². The van der Waals surface area contributed by atoms with Gasteiger partial charge >= 0.3 is 0 Å². The van der Waals surface area contributed by atoms with Gasteiger partial charge in [-0.15, -0.1) is 0 Å². The molecule has 0 saturated carbocycles. The number of imide groups is 1. The van der Waals surface area contributed by atoms with Crippen molar-refractivity contribution >= 4 is 50.1 Å². The van der Waals surface area contributed by atoms with Crippen molar-refractivity contribution in [3.8, 4) is 0 Å². The SMILES string of the molecule is O=C1CC(N(Cc2ccc(F)cc2)S(=O)(=O)c2ccc(F)cc2)C(=O)N1c1ccc(I)cc1. The monoisotopic (exact) mass is 582 g/mol. The van der Waals surface area contributed by atoms with Gasteiger partial charge in [0.25, 0.3) is 5.91 Å². The summed E-state index contributed by atoms with van der Waals surface area (Å²) >= 11 is 2.09. The van der Waals surface area contributed by atoms with E-state index in [2.05, 4.69) is 22.6 Å². The standard InChI is InChI=1S/C23H17F2IN2O4S/c24-16-3-1-15(2-4-16)14-27(33(31,32)20-11-5-17(25)6-12-20)21-13-22(29)28(23(21)30)19-9-7-18(26)8-10-19/h1-12,21H,13-14H2. The summed E-state index contributed by atoms with van der Waals surface area (Å²) in [6, 6.07) is 14.7. The summed E-state index contributed by atoms with van der Waals surface area (Å²) in [5.74, 6) is -2.33. The largest absolute Gasteiger partial charge is 0.274 e. The molecule has 0 radical (unpaired) electrons. The van der Waals surface area contributed by atoms with Gasteiger partial charge in [0.15, 0.2) is 0 Å². The summed E-state index contributed by atoms with van der Waals surface area (Å²) in [6.07, 6.45) is -0.355. The first kappa shape index (κ1) is 23.5. The van der Waals surface area contributed by atoms with E-state index in [0.717, 1.165) is 37.0 Å². The van der Waals surface area contributed by atoms with Gasteiger partial charge in [0.1, 0.15) is 17.7 Å².